The SMILES string of the molecule is O=C(OO)c1cccnc1. The standard InChI is InChI=1S/C6H5NO3/c8-6(10-9)5-2-1-3-7-4-5/h1-4,9H. The van der Waals surface area contributed by atoms with E-state index in [9.17, 15) is 4.79 Å². The van der Waals surface area contributed by atoms with E-state index in [1.54, 1.807) is 6.07 Å². The Morgan fingerprint density at radius 2 is 2.50 bits per heavy atom. The molecule has 4 nitrogen and oxygen atoms in total. The minimum absolute atomic E-state index is 0.227. The van der Waals surface area contributed by atoms with Gasteiger partial charge in [-0.1, -0.05) is 0 Å². The van der Waals surface area contributed by atoms with Gasteiger partial charge in [-0.15, -0.1) is 0 Å². The lowest BCUT2D eigenvalue weighted by molar-refractivity contribution is -0.182. The van der Waals surface area contributed by atoms with E-state index in [1.807, 2.05) is 0 Å². The molecule has 0 saturated heterocycles. The Morgan fingerprint density at radius 3 is 3.00 bits per heavy atom. The molecular weight excluding hydrogens is 134 g/mol. The Bertz CT molecular complexity index is 222. The second kappa shape index (κ2) is 2.93. The molecule has 0 atom stereocenters. The normalized spacial score (nSPS) is 8.90. The number of rotatable bonds is 1. The molecule has 10 heavy (non-hydrogen) atoms. The van der Waals surface area contributed by atoms with Gasteiger partial charge in [0.05, 0.1) is 5.56 Å². The van der Waals surface area contributed by atoms with Gasteiger partial charge in [-0.25, -0.2) is 4.79 Å². The largest absolute Gasteiger partial charge is 0.374 e. The minimum atomic E-state index is -0.798. The lowest BCUT2D eigenvalue weighted by Gasteiger charge is -1.92. The molecule has 1 heterocycles. The van der Waals surface area contributed by atoms with Crippen molar-refractivity contribution in [1.29, 1.82) is 0 Å². The van der Waals surface area contributed by atoms with Crippen molar-refractivity contribution in [2.75, 3.05) is 0 Å². The summed E-state index contributed by atoms with van der Waals surface area (Å²) in [5.41, 5.74) is 0.227. The quantitative estimate of drug-likeness (QED) is 0.459. The third-order valence-electron chi connectivity index (χ3n) is 0.980. The van der Waals surface area contributed by atoms with Gasteiger partial charge in [0, 0.05) is 12.4 Å². The summed E-state index contributed by atoms with van der Waals surface area (Å²) in [4.78, 5) is 17.6. The summed E-state index contributed by atoms with van der Waals surface area (Å²) < 4.78 is 0. The molecule has 0 spiro atoms. The molecule has 0 aliphatic heterocycles. The fourth-order valence-electron chi connectivity index (χ4n) is 0.536. The Morgan fingerprint density at radius 1 is 1.70 bits per heavy atom. The van der Waals surface area contributed by atoms with Gasteiger partial charge in [0.1, 0.15) is 0 Å². The van der Waals surface area contributed by atoms with Crippen LogP contribution in [0.1, 0.15) is 10.4 Å². The van der Waals surface area contributed by atoms with Gasteiger partial charge in [-0.2, -0.15) is 5.26 Å². The number of hydrogen-bond donors (Lipinski definition) is 1. The van der Waals surface area contributed by atoms with Gasteiger partial charge in [-0.3, -0.25) is 9.87 Å². The van der Waals surface area contributed by atoms with Crippen LogP contribution in [0.25, 0.3) is 0 Å². The van der Waals surface area contributed by atoms with Gasteiger partial charge in [0.15, 0.2) is 0 Å². The monoisotopic (exact) mass is 139 g/mol. The molecule has 0 amide bonds. The second-order valence-electron chi connectivity index (χ2n) is 1.62. The predicted molar refractivity (Wildman–Crippen MR) is 32.3 cm³/mol. The molecular formula is C6H5NO3. The summed E-state index contributed by atoms with van der Waals surface area (Å²) >= 11 is 0. The van der Waals surface area contributed by atoms with Crippen LogP contribution in [0.15, 0.2) is 24.5 Å². The first-order valence-electron chi connectivity index (χ1n) is 2.60. The third kappa shape index (κ3) is 1.29. The van der Waals surface area contributed by atoms with E-state index in [4.69, 9.17) is 5.26 Å². The van der Waals surface area contributed by atoms with Crippen molar-refractivity contribution in [3.63, 3.8) is 0 Å². The highest BCUT2D eigenvalue weighted by atomic mass is 17.1. The highest BCUT2D eigenvalue weighted by Gasteiger charge is 2.03. The first kappa shape index (κ1) is 6.70. The number of carbonyl (C=O) groups excluding carboxylic acids is 1. The van der Waals surface area contributed by atoms with Crippen molar-refractivity contribution in [2.24, 2.45) is 0 Å². The van der Waals surface area contributed by atoms with Gasteiger partial charge in [0.2, 0.25) is 0 Å². The van der Waals surface area contributed by atoms with Gasteiger partial charge >= 0.3 is 5.97 Å². The zero-order valence-corrected chi connectivity index (χ0v) is 5.02. The third-order valence-corrected chi connectivity index (χ3v) is 0.980. The van der Waals surface area contributed by atoms with Gasteiger partial charge in [-0.05, 0) is 12.1 Å². The molecule has 0 bridgehead atoms. The molecule has 0 aliphatic rings. The van der Waals surface area contributed by atoms with Crippen LogP contribution in [0, 0.1) is 0 Å². The van der Waals surface area contributed by atoms with Crippen LogP contribution in [-0.4, -0.2) is 16.2 Å². The summed E-state index contributed by atoms with van der Waals surface area (Å²) in [5, 5.41) is 7.91. The molecule has 1 rings (SSSR count). The van der Waals surface area contributed by atoms with E-state index >= 15 is 0 Å². The molecule has 0 fully saturated rings. The average Bonchev–Trinajstić information content (AvgIpc) is 2.05. The van der Waals surface area contributed by atoms with Crippen LogP contribution in [0.4, 0.5) is 0 Å². The fraction of sp³-hybridized carbons (Fsp3) is 0. The number of hydrogen-bond acceptors (Lipinski definition) is 4. The number of aromatic nitrogens is 1. The fourth-order valence-corrected chi connectivity index (χ4v) is 0.536. The number of pyridine rings is 1. The molecule has 0 aliphatic carbocycles. The molecule has 4 heteroatoms. The Hall–Kier alpha value is -1.42. The zero-order valence-electron chi connectivity index (χ0n) is 5.02. The average molecular weight is 139 g/mol. The lowest BCUT2D eigenvalue weighted by atomic mass is 10.3. The smallest absolute Gasteiger partial charge is 0.295 e. The van der Waals surface area contributed by atoms with E-state index in [0.717, 1.165) is 0 Å². The highest BCUT2D eigenvalue weighted by Crippen LogP contribution is 1.96. The summed E-state index contributed by atoms with van der Waals surface area (Å²) in [6, 6.07) is 3.07. The van der Waals surface area contributed by atoms with E-state index in [0.29, 0.717) is 0 Å². The maximum absolute atomic E-state index is 10.5. The second-order valence-corrected chi connectivity index (χ2v) is 1.62. The minimum Gasteiger partial charge on any atom is -0.295 e. The zero-order chi connectivity index (χ0) is 7.40. The van der Waals surface area contributed by atoms with Crippen LogP contribution >= 0.6 is 0 Å². The molecule has 0 aromatic carbocycles. The first-order chi connectivity index (χ1) is 4.84. The maximum atomic E-state index is 10.5. The number of nitrogens with zero attached hydrogens (tertiary/aromatic N) is 1. The summed E-state index contributed by atoms with van der Waals surface area (Å²) in [6.45, 7) is 0. The van der Waals surface area contributed by atoms with E-state index in [2.05, 4.69) is 9.87 Å². The van der Waals surface area contributed by atoms with Crippen LogP contribution in [0.2, 0.25) is 0 Å². The van der Waals surface area contributed by atoms with Crippen molar-refractivity contribution in [3.05, 3.63) is 30.1 Å². The van der Waals surface area contributed by atoms with E-state index in [-0.39, 0.29) is 5.56 Å². The van der Waals surface area contributed by atoms with Crippen LogP contribution in [0.5, 0.6) is 0 Å². The number of carbonyl (C=O) groups is 1. The van der Waals surface area contributed by atoms with Crippen LogP contribution < -0.4 is 0 Å². The van der Waals surface area contributed by atoms with Crippen LogP contribution in [0.3, 0.4) is 0 Å². The van der Waals surface area contributed by atoms with Crippen LogP contribution in [-0.2, 0) is 4.89 Å². The molecule has 0 saturated carbocycles. The topological polar surface area (TPSA) is 59.4 Å². The van der Waals surface area contributed by atoms with E-state index in [1.165, 1.54) is 18.5 Å². The molecule has 52 valence electrons. The Balaban J connectivity index is 2.85. The lowest BCUT2D eigenvalue weighted by Crippen LogP contribution is -2.00. The summed E-state index contributed by atoms with van der Waals surface area (Å²) in [6.07, 6.45) is 2.83. The molecule has 1 N–H and O–H groups in total. The van der Waals surface area contributed by atoms with E-state index < -0.39 is 5.97 Å². The van der Waals surface area contributed by atoms with Gasteiger partial charge < -0.3 is 0 Å². The van der Waals surface area contributed by atoms with Crippen molar-refractivity contribution in [1.82, 2.24) is 4.98 Å². The Kier molecular flexibility index (Phi) is 1.96. The predicted octanol–water partition coefficient (Wildman–Crippen LogP) is 0.711. The van der Waals surface area contributed by atoms with Gasteiger partial charge in [0.25, 0.3) is 0 Å². The maximum Gasteiger partial charge on any atom is 0.374 e. The Labute approximate surface area is 57.0 Å². The highest BCUT2D eigenvalue weighted by molar-refractivity contribution is 5.88. The molecule has 1 aromatic rings. The van der Waals surface area contributed by atoms with Crippen molar-refractivity contribution in [3.8, 4) is 0 Å². The van der Waals surface area contributed by atoms with Crippen molar-refractivity contribution >= 4 is 5.97 Å². The molecule has 0 radical (unpaired) electrons. The molecule has 0 unspecified atom stereocenters. The summed E-state index contributed by atoms with van der Waals surface area (Å²) in [5.74, 6) is -0.798. The van der Waals surface area contributed by atoms with Crippen molar-refractivity contribution in [2.45, 2.75) is 0 Å². The van der Waals surface area contributed by atoms with Crippen molar-refractivity contribution < 1.29 is 14.9 Å². The molecule has 1 aromatic heterocycles. The summed E-state index contributed by atoms with van der Waals surface area (Å²) in [7, 11) is 0. The first-order valence-corrected chi connectivity index (χ1v) is 2.60.